The highest BCUT2D eigenvalue weighted by atomic mass is 32.2. The zero-order valence-corrected chi connectivity index (χ0v) is 17.6. The van der Waals surface area contributed by atoms with Gasteiger partial charge in [0.15, 0.2) is 0 Å². The van der Waals surface area contributed by atoms with Gasteiger partial charge in [0.05, 0.1) is 0 Å². The number of hydrogen-bond donors (Lipinski definition) is 0. The van der Waals surface area contributed by atoms with E-state index in [1.165, 1.54) is 20.8 Å². The molecule has 3 aromatic rings. The molecule has 4 rings (SSSR count). The van der Waals surface area contributed by atoms with Crippen LogP contribution in [0.25, 0.3) is 0 Å². The molecule has 1 amide bonds. The monoisotopic (exact) mass is 427 g/mol. The van der Waals surface area contributed by atoms with Crippen LogP contribution in [0.1, 0.15) is 26.4 Å². The fraction of sp³-hybridized carbons (Fsp3) is 0.238. The SMILES string of the molecule is CN(Cc1cccnc1)C(=O)c1sccc1S(=O)(=O)N1CCc2ccccc2C1. The number of rotatable bonds is 5. The second-order valence-electron chi connectivity index (χ2n) is 6.99. The van der Waals surface area contributed by atoms with Crippen molar-refractivity contribution in [2.45, 2.75) is 24.4 Å². The van der Waals surface area contributed by atoms with Gasteiger partial charge in [-0.25, -0.2) is 8.42 Å². The maximum atomic E-state index is 13.3. The van der Waals surface area contributed by atoms with Crippen molar-refractivity contribution in [3.8, 4) is 0 Å². The molecule has 0 unspecified atom stereocenters. The summed E-state index contributed by atoms with van der Waals surface area (Å²) in [5.74, 6) is -0.306. The Kier molecular flexibility index (Phi) is 5.49. The number of hydrogen-bond acceptors (Lipinski definition) is 5. The number of aromatic nitrogens is 1. The van der Waals surface area contributed by atoms with Gasteiger partial charge in [0.25, 0.3) is 5.91 Å². The molecule has 3 heterocycles. The summed E-state index contributed by atoms with van der Waals surface area (Å²) in [6, 6.07) is 13.1. The zero-order valence-electron chi connectivity index (χ0n) is 16.0. The van der Waals surface area contributed by atoms with Gasteiger partial charge in [-0.2, -0.15) is 4.31 Å². The molecule has 8 heteroatoms. The summed E-state index contributed by atoms with van der Waals surface area (Å²) >= 11 is 1.16. The molecule has 0 saturated heterocycles. The van der Waals surface area contributed by atoms with Crippen LogP contribution in [-0.2, 0) is 29.5 Å². The van der Waals surface area contributed by atoms with E-state index in [4.69, 9.17) is 0 Å². The molecule has 1 aromatic carbocycles. The molecule has 0 radical (unpaired) electrons. The predicted molar refractivity (Wildman–Crippen MR) is 112 cm³/mol. The lowest BCUT2D eigenvalue weighted by molar-refractivity contribution is 0.0786. The highest BCUT2D eigenvalue weighted by Gasteiger charge is 2.33. The van der Waals surface area contributed by atoms with Crippen molar-refractivity contribution in [3.63, 3.8) is 0 Å². The number of sulfonamides is 1. The summed E-state index contributed by atoms with van der Waals surface area (Å²) in [5, 5.41) is 1.66. The number of carbonyl (C=O) groups is 1. The van der Waals surface area contributed by atoms with Crippen LogP contribution in [0.3, 0.4) is 0 Å². The average molecular weight is 428 g/mol. The summed E-state index contributed by atoms with van der Waals surface area (Å²) in [6.07, 6.45) is 4.04. The summed E-state index contributed by atoms with van der Waals surface area (Å²) in [6.45, 7) is 1.10. The Morgan fingerprint density at radius 3 is 2.72 bits per heavy atom. The van der Waals surface area contributed by atoms with E-state index in [2.05, 4.69) is 4.98 Å². The van der Waals surface area contributed by atoms with Crippen LogP contribution in [-0.4, -0.2) is 42.1 Å². The van der Waals surface area contributed by atoms with Crippen molar-refractivity contribution < 1.29 is 13.2 Å². The van der Waals surface area contributed by atoms with Crippen molar-refractivity contribution in [1.82, 2.24) is 14.2 Å². The average Bonchev–Trinajstić information content (AvgIpc) is 3.24. The van der Waals surface area contributed by atoms with Crippen molar-refractivity contribution in [2.24, 2.45) is 0 Å². The molecule has 0 saturated carbocycles. The number of benzene rings is 1. The van der Waals surface area contributed by atoms with E-state index in [0.717, 1.165) is 22.5 Å². The van der Waals surface area contributed by atoms with Crippen molar-refractivity contribution in [2.75, 3.05) is 13.6 Å². The Morgan fingerprint density at radius 2 is 1.97 bits per heavy atom. The largest absolute Gasteiger partial charge is 0.337 e. The first-order chi connectivity index (χ1) is 14.0. The second kappa shape index (κ2) is 8.06. The molecule has 150 valence electrons. The van der Waals surface area contributed by atoms with Gasteiger partial charge in [0, 0.05) is 39.1 Å². The fourth-order valence-corrected chi connectivity index (χ4v) is 6.29. The molecule has 0 fully saturated rings. The molecule has 0 N–H and O–H groups in total. The van der Waals surface area contributed by atoms with E-state index in [1.54, 1.807) is 24.8 Å². The third kappa shape index (κ3) is 3.96. The summed E-state index contributed by atoms with van der Waals surface area (Å²) in [4.78, 5) is 18.9. The van der Waals surface area contributed by atoms with E-state index >= 15 is 0 Å². The number of thiophene rings is 1. The Morgan fingerprint density at radius 1 is 1.17 bits per heavy atom. The van der Waals surface area contributed by atoms with Crippen molar-refractivity contribution in [1.29, 1.82) is 0 Å². The number of nitrogens with zero attached hydrogens (tertiary/aromatic N) is 3. The van der Waals surface area contributed by atoms with Crippen molar-refractivity contribution in [3.05, 3.63) is 81.8 Å². The zero-order chi connectivity index (χ0) is 20.4. The van der Waals surface area contributed by atoms with Crippen LogP contribution in [0.2, 0.25) is 0 Å². The topological polar surface area (TPSA) is 70.6 Å². The molecule has 0 spiro atoms. The van der Waals surface area contributed by atoms with Crippen LogP contribution < -0.4 is 0 Å². The number of carbonyl (C=O) groups excluding carboxylic acids is 1. The summed E-state index contributed by atoms with van der Waals surface area (Å²) < 4.78 is 28.1. The molecular formula is C21H21N3O3S2. The first kappa shape index (κ1) is 19.8. The van der Waals surface area contributed by atoms with Crippen molar-refractivity contribution >= 4 is 27.3 Å². The first-order valence-corrected chi connectivity index (χ1v) is 11.6. The molecule has 1 aliphatic heterocycles. The maximum absolute atomic E-state index is 13.3. The highest BCUT2D eigenvalue weighted by Crippen LogP contribution is 2.30. The number of amides is 1. The Labute approximate surface area is 174 Å². The van der Waals surface area contributed by atoms with E-state index in [9.17, 15) is 13.2 Å². The minimum Gasteiger partial charge on any atom is -0.337 e. The minimum atomic E-state index is -3.76. The molecule has 29 heavy (non-hydrogen) atoms. The fourth-order valence-electron chi connectivity index (χ4n) is 3.48. The van der Waals surface area contributed by atoms with E-state index in [0.29, 0.717) is 26.1 Å². The Hall–Kier alpha value is -2.55. The van der Waals surface area contributed by atoms with Crippen LogP contribution in [0.5, 0.6) is 0 Å². The standard InChI is InChI=1S/C21H21N3O3S2/c1-23(14-16-5-4-10-22-13-16)21(25)20-19(9-12-28-20)29(26,27)24-11-8-17-6-2-3-7-18(17)15-24/h2-7,9-10,12-13H,8,11,14-15H2,1H3. The van der Waals surface area contributed by atoms with Gasteiger partial charge >= 0.3 is 0 Å². The molecule has 2 aromatic heterocycles. The van der Waals surface area contributed by atoms with Crippen LogP contribution in [0.15, 0.2) is 65.1 Å². The molecule has 0 bridgehead atoms. The quantitative estimate of drug-likeness (QED) is 0.627. The summed E-state index contributed by atoms with van der Waals surface area (Å²) in [5.41, 5.74) is 3.08. The lowest BCUT2D eigenvalue weighted by atomic mass is 10.0. The predicted octanol–water partition coefficient (Wildman–Crippen LogP) is 3.16. The van der Waals surface area contributed by atoms with Gasteiger partial charge in [0.1, 0.15) is 9.77 Å². The lowest BCUT2D eigenvalue weighted by Crippen LogP contribution is -2.37. The number of pyridine rings is 1. The minimum absolute atomic E-state index is 0.0879. The first-order valence-electron chi connectivity index (χ1n) is 9.25. The smallest absolute Gasteiger partial charge is 0.265 e. The van der Waals surface area contributed by atoms with Gasteiger partial charge in [-0.3, -0.25) is 9.78 Å². The summed E-state index contributed by atoms with van der Waals surface area (Å²) in [7, 11) is -2.09. The third-order valence-corrected chi connectivity index (χ3v) is 7.95. The van der Waals surface area contributed by atoms with Gasteiger partial charge < -0.3 is 4.90 Å². The number of fused-ring (bicyclic) bond motifs is 1. The second-order valence-corrected chi connectivity index (χ2v) is 9.82. The molecular weight excluding hydrogens is 406 g/mol. The van der Waals surface area contributed by atoms with E-state index in [1.807, 2.05) is 36.4 Å². The van der Waals surface area contributed by atoms with Crippen LogP contribution >= 0.6 is 11.3 Å². The van der Waals surface area contributed by atoms with Gasteiger partial charge in [-0.05, 0) is 40.6 Å². The Balaban J connectivity index is 1.57. The molecule has 6 nitrogen and oxygen atoms in total. The lowest BCUT2D eigenvalue weighted by Gasteiger charge is -2.28. The highest BCUT2D eigenvalue weighted by molar-refractivity contribution is 7.89. The molecule has 0 aliphatic carbocycles. The van der Waals surface area contributed by atoms with Gasteiger partial charge in [-0.15, -0.1) is 11.3 Å². The molecule has 0 atom stereocenters. The van der Waals surface area contributed by atoms with Gasteiger partial charge in [-0.1, -0.05) is 30.3 Å². The maximum Gasteiger partial charge on any atom is 0.265 e. The normalized spacial score (nSPS) is 14.4. The van der Waals surface area contributed by atoms with E-state index < -0.39 is 10.0 Å². The Bertz CT molecular complexity index is 1130. The van der Waals surface area contributed by atoms with Crippen LogP contribution in [0.4, 0.5) is 0 Å². The third-order valence-electron chi connectivity index (χ3n) is 5.03. The van der Waals surface area contributed by atoms with E-state index in [-0.39, 0.29) is 15.7 Å². The van der Waals surface area contributed by atoms with Crippen LogP contribution in [0, 0.1) is 0 Å². The van der Waals surface area contributed by atoms with Gasteiger partial charge in [0.2, 0.25) is 10.0 Å². The molecule has 1 aliphatic rings.